The van der Waals surface area contributed by atoms with Crippen molar-refractivity contribution in [3.8, 4) is 0 Å². The second kappa shape index (κ2) is 7.25. The van der Waals surface area contributed by atoms with Crippen molar-refractivity contribution < 1.29 is 0 Å². The first-order valence-electron chi connectivity index (χ1n) is 7.30. The van der Waals surface area contributed by atoms with Gasteiger partial charge in [-0.25, -0.2) is 0 Å². The maximum absolute atomic E-state index is 4.34. The van der Waals surface area contributed by atoms with Crippen LogP contribution in [0.4, 0.5) is 0 Å². The number of fused-ring (bicyclic) bond motifs is 1. The van der Waals surface area contributed by atoms with Crippen LogP contribution in [0, 0.1) is 5.92 Å². The highest BCUT2D eigenvalue weighted by Gasteiger charge is 1.97. The number of unbranched alkanes of at least 4 members (excludes halogenated alkanes) is 1. The lowest BCUT2D eigenvalue weighted by Crippen LogP contribution is -2.14. The molecule has 1 heterocycles. The van der Waals surface area contributed by atoms with E-state index in [4.69, 9.17) is 0 Å². The van der Waals surface area contributed by atoms with E-state index in [1.165, 1.54) is 30.2 Å². The summed E-state index contributed by atoms with van der Waals surface area (Å²) in [7, 11) is 0. The van der Waals surface area contributed by atoms with Gasteiger partial charge in [-0.3, -0.25) is 4.98 Å². The summed E-state index contributed by atoms with van der Waals surface area (Å²) in [5.41, 5.74) is 2.41. The zero-order chi connectivity index (χ0) is 13.5. The van der Waals surface area contributed by atoms with Crippen molar-refractivity contribution in [2.75, 3.05) is 6.54 Å². The van der Waals surface area contributed by atoms with Gasteiger partial charge in [0.1, 0.15) is 0 Å². The largest absolute Gasteiger partial charge is 0.313 e. The molecule has 0 saturated heterocycles. The molecule has 0 amide bonds. The van der Waals surface area contributed by atoms with E-state index < -0.39 is 0 Å². The summed E-state index contributed by atoms with van der Waals surface area (Å²) in [6, 6.07) is 10.6. The number of pyridine rings is 1. The number of rotatable bonds is 7. The maximum Gasteiger partial charge on any atom is 0.0702 e. The Morgan fingerprint density at radius 3 is 2.89 bits per heavy atom. The van der Waals surface area contributed by atoms with E-state index in [2.05, 4.69) is 48.4 Å². The third-order valence-electron chi connectivity index (χ3n) is 3.38. The van der Waals surface area contributed by atoms with Gasteiger partial charge in [-0.2, -0.15) is 0 Å². The molecule has 102 valence electrons. The lowest BCUT2D eigenvalue weighted by atomic mass is 10.1. The molecule has 1 aromatic carbocycles. The van der Waals surface area contributed by atoms with Crippen LogP contribution in [-0.4, -0.2) is 11.5 Å². The van der Waals surface area contributed by atoms with Gasteiger partial charge < -0.3 is 5.32 Å². The molecule has 0 fully saturated rings. The van der Waals surface area contributed by atoms with Crippen LogP contribution in [0.15, 0.2) is 36.5 Å². The number of nitrogens with one attached hydrogen (secondary N) is 1. The molecule has 0 spiro atoms. The molecule has 1 aromatic heterocycles. The average molecular weight is 256 g/mol. The van der Waals surface area contributed by atoms with E-state index >= 15 is 0 Å². The molecule has 0 unspecified atom stereocenters. The molecule has 2 nitrogen and oxygen atoms in total. The third-order valence-corrected chi connectivity index (χ3v) is 3.38. The van der Waals surface area contributed by atoms with E-state index in [0.717, 1.165) is 24.5 Å². The first kappa shape index (κ1) is 14.0. The minimum Gasteiger partial charge on any atom is -0.313 e. The van der Waals surface area contributed by atoms with Crippen LogP contribution in [0.5, 0.6) is 0 Å². The van der Waals surface area contributed by atoms with Crippen LogP contribution in [0.25, 0.3) is 10.9 Å². The first-order valence-corrected chi connectivity index (χ1v) is 7.30. The molecule has 19 heavy (non-hydrogen) atoms. The number of nitrogens with zero attached hydrogens (tertiary/aromatic N) is 1. The van der Waals surface area contributed by atoms with E-state index in [1.807, 2.05) is 12.3 Å². The highest BCUT2D eigenvalue weighted by atomic mass is 14.8. The van der Waals surface area contributed by atoms with Crippen LogP contribution in [0.1, 0.15) is 38.7 Å². The molecule has 2 rings (SSSR count). The van der Waals surface area contributed by atoms with Crippen molar-refractivity contribution in [2.45, 2.75) is 39.7 Å². The molecule has 0 atom stereocenters. The van der Waals surface area contributed by atoms with E-state index in [1.54, 1.807) is 0 Å². The van der Waals surface area contributed by atoms with E-state index in [0.29, 0.717) is 0 Å². The predicted molar refractivity (Wildman–Crippen MR) is 82.1 cm³/mol. The summed E-state index contributed by atoms with van der Waals surface area (Å²) in [6.07, 6.45) is 5.78. The maximum atomic E-state index is 4.34. The normalized spacial score (nSPS) is 11.3. The molecule has 2 aromatic rings. The van der Waals surface area contributed by atoms with Gasteiger partial charge >= 0.3 is 0 Å². The summed E-state index contributed by atoms with van der Waals surface area (Å²) in [5.74, 6) is 0.827. The Kier molecular flexibility index (Phi) is 5.34. The molecule has 2 heteroatoms. The molecular formula is C17H24N2. The first-order chi connectivity index (χ1) is 9.25. The molecule has 0 aliphatic rings. The van der Waals surface area contributed by atoms with Gasteiger partial charge in [-0.15, -0.1) is 0 Å². The molecule has 0 radical (unpaired) electrons. The Morgan fingerprint density at radius 1 is 1.16 bits per heavy atom. The molecular weight excluding hydrogens is 232 g/mol. The monoisotopic (exact) mass is 256 g/mol. The molecule has 0 saturated carbocycles. The standard InChI is InChI=1S/C17H24N2/c1-14(2)6-3-4-10-18-13-15-8-9-17-16(12-15)7-5-11-19-17/h5,7-9,11-12,14,18H,3-4,6,10,13H2,1-2H3. The van der Waals surface area contributed by atoms with Gasteiger partial charge in [0.15, 0.2) is 0 Å². The van der Waals surface area contributed by atoms with E-state index in [9.17, 15) is 0 Å². The number of hydrogen-bond acceptors (Lipinski definition) is 2. The summed E-state index contributed by atoms with van der Waals surface area (Å²) in [4.78, 5) is 4.34. The van der Waals surface area contributed by atoms with Crippen molar-refractivity contribution in [3.05, 3.63) is 42.1 Å². The summed E-state index contributed by atoms with van der Waals surface area (Å²) < 4.78 is 0. The van der Waals surface area contributed by atoms with Gasteiger partial charge in [-0.1, -0.05) is 38.8 Å². The fraction of sp³-hybridized carbons (Fsp3) is 0.471. The quantitative estimate of drug-likeness (QED) is 0.753. The Labute approximate surface area is 116 Å². The molecule has 0 aliphatic heterocycles. The van der Waals surface area contributed by atoms with Crippen LogP contribution < -0.4 is 5.32 Å². The highest BCUT2D eigenvalue weighted by molar-refractivity contribution is 5.78. The lowest BCUT2D eigenvalue weighted by Gasteiger charge is -2.07. The molecule has 1 N–H and O–H groups in total. The second-order valence-corrected chi connectivity index (χ2v) is 5.60. The van der Waals surface area contributed by atoms with Crippen molar-refractivity contribution >= 4 is 10.9 Å². The van der Waals surface area contributed by atoms with Crippen LogP contribution >= 0.6 is 0 Å². The zero-order valence-corrected chi connectivity index (χ0v) is 12.0. The zero-order valence-electron chi connectivity index (χ0n) is 12.0. The van der Waals surface area contributed by atoms with Gasteiger partial charge in [0.05, 0.1) is 5.52 Å². The van der Waals surface area contributed by atoms with Crippen molar-refractivity contribution in [1.82, 2.24) is 10.3 Å². The fourth-order valence-corrected chi connectivity index (χ4v) is 2.27. The number of hydrogen-bond donors (Lipinski definition) is 1. The molecule has 0 bridgehead atoms. The minimum absolute atomic E-state index is 0.827. The van der Waals surface area contributed by atoms with Crippen LogP contribution in [0.2, 0.25) is 0 Å². The van der Waals surface area contributed by atoms with Crippen LogP contribution in [0.3, 0.4) is 0 Å². The van der Waals surface area contributed by atoms with Gasteiger partial charge in [0.2, 0.25) is 0 Å². The summed E-state index contributed by atoms with van der Waals surface area (Å²) >= 11 is 0. The Morgan fingerprint density at radius 2 is 2.05 bits per heavy atom. The number of aromatic nitrogens is 1. The van der Waals surface area contributed by atoms with E-state index in [-0.39, 0.29) is 0 Å². The van der Waals surface area contributed by atoms with Crippen molar-refractivity contribution in [3.63, 3.8) is 0 Å². The van der Waals surface area contributed by atoms with Crippen LogP contribution in [-0.2, 0) is 6.54 Å². The Bertz CT molecular complexity index is 505. The van der Waals surface area contributed by atoms with Gasteiger partial charge in [-0.05, 0) is 42.6 Å². The molecule has 0 aliphatic carbocycles. The van der Waals surface area contributed by atoms with Gasteiger partial charge in [0, 0.05) is 18.1 Å². The second-order valence-electron chi connectivity index (χ2n) is 5.60. The minimum atomic E-state index is 0.827. The topological polar surface area (TPSA) is 24.9 Å². The number of benzene rings is 1. The van der Waals surface area contributed by atoms with Crippen molar-refractivity contribution in [2.24, 2.45) is 5.92 Å². The lowest BCUT2D eigenvalue weighted by molar-refractivity contribution is 0.520. The third kappa shape index (κ3) is 4.64. The Hall–Kier alpha value is -1.41. The SMILES string of the molecule is CC(C)CCCCNCc1ccc2ncccc2c1. The fourth-order valence-electron chi connectivity index (χ4n) is 2.27. The summed E-state index contributed by atoms with van der Waals surface area (Å²) in [6.45, 7) is 6.64. The predicted octanol–water partition coefficient (Wildman–Crippen LogP) is 4.15. The van der Waals surface area contributed by atoms with Crippen molar-refractivity contribution in [1.29, 1.82) is 0 Å². The highest BCUT2D eigenvalue weighted by Crippen LogP contribution is 2.13. The van der Waals surface area contributed by atoms with Gasteiger partial charge in [0.25, 0.3) is 0 Å². The smallest absolute Gasteiger partial charge is 0.0702 e. The summed E-state index contributed by atoms with van der Waals surface area (Å²) in [5, 5.41) is 4.74. The average Bonchev–Trinajstić information content (AvgIpc) is 2.42. The Balaban J connectivity index is 1.75.